The van der Waals surface area contributed by atoms with Crippen LogP contribution in [0.1, 0.15) is 22.6 Å². The predicted molar refractivity (Wildman–Crippen MR) is 89.2 cm³/mol. The molecule has 0 nitrogen and oxygen atoms in total. The molecule has 0 amide bonds. The summed E-state index contributed by atoms with van der Waals surface area (Å²) in [6.07, 6.45) is 4.55. The summed E-state index contributed by atoms with van der Waals surface area (Å²) in [5.74, 6) is 0.359. The molecule has 3 aromatic rings. The minimum atomic E-state index is 0.359. The van der Waals surface area contributed by atoms with Crippen molar-refractivity contribution in [3.05, 3.63) is 102 Å². The van der Waals surface area contributed by atoms with Gasteiger partial charge < -0.3 is 0 Å². The lowest BCUT2D eigenvalue weighted by atomic mass is 9.96. The zero-order valence-electron chi connectivity index (χ0n) is 11.7. The van der Waals surface area contributed by atoms with Crippen LogP contribution in [0.25, 0.3) is 17.2 Å². The van der Waals surface area contributed by atoms with E-state index in [1.165, 1.54) is 27.8 Å². The summed E-state index contributed by atoms with van der Waals surface area (Å²) in [5.41, 5.74) is 6.81. The van der Waals surface area contributed by atoms with Crippen LogP contribution in [0.3, 0.4) is 0 Å². The largest absolute Gasteiger partial charge is 0.0720 e. The third-order valence-corrected chi connectivity index (χ3v) is 4.16. The molecule has 0 aromatic heterocycles. The zero-order valence-corrected chi connectivity index (χ0v) is 11.7. The molecule has 1 aliphatic carbocycles. The molecular formula is C21H16. The summed E-state index contributed by atoms with van der Waals surface area (Å²) >= 11 is 0. The summed E-state index contributed by atoms with van der Waals surface area (Å²) in [5, 5.41) is 0. The Bertz CT molecular complexity index is 752. The van der Waals surface area contributed by atoms with E-state index in [0.29, 0.717) is 5.92 Å². The van der Waals surface area contributed by atoms with Crippen molar-refractivity contribution in [2.24, 2.45) is 0 Å². The number of fused-ring (bicyclic) bond motifs is 3. The summed E-state index contributed by atoms with van der Waals surface area (Å²) in [6, 6.07) is 28.0. The highest BCUT2D eigenvalue weighted by Crippen LogP contribution is 2.45. The number of hydrogen-bond acceptors (Lipinski definition) is 0. The van der Waals surface area contributed by atoms with Crippen molar-refractivity contribution >= 4 is 6.08 Å². The third kappa shape index (κ3) is 2.09. The summed E-state index contributed by atoms with van der Waals surface area (Å²) < 4.78 is 0. The van der Waals surface area contributed by atoms with E-state index in [2.05, 4.69) is 91.0 Å². The Hall–Kier alpha value is -2.60. The van der Waals surface area contributed by atoms with E-state index in [4.69, 9.17) is 0 Å². The molecule has 0 spiro atoms. The Morgan fingerprint density at radius 3 is 1.71 bits per heavy atom. The average Bonchev–Trinajstić information content (AvgIpc) is 2.88. The average molecular weight is 268 g/mol. The van der Waals surface area contributed by atoms with Crippen LogP contribution in [0.15, 0.2) is 84.9 Å². The van der Waals surface area contributed by atoms with E-state index >= 15 is 0 Å². The molecule has 0 heterocycles. The normalized spacial score (nSPS) is 13.3. The van der Waals surface area contributed by atoms with Gasteiger partial charge in [0.2, 0.25) is 0 Å². The second-order valence-electron chi connectivity index (χ2n) is 5.42. The van der Waals surface area contributed by atoms with Crippen molar-refractivity contribution in [1.82, 2.24) is 0 Å². The minimum Gasteiger partial charge on any atom is -0.0720 e. The second-order valence-corrected chi connectivity index (χ2v) is 5.42. The highest BCUT2D eigenvalue weighted by molar-refractivity contribution is 5.80. The van der Waals surface area contributed by atoms with Gasteiger partial charge in [0.1, 0.15) is 0 Å². The van der Waals surface area contributed by atoms with Crippen LogP contribution >= 0.6 is 0 Å². The van der Waals surface area contributed by atoms with Gasteiger partial charge in [0, 0.05) is 5.92 Å². The van der Waals surface area contributed by atoms with Crippen LogP contribution in [-0.2, 0) is 0 Å². The van der Waals surface area contributed by atoms with Crippen LogP contribution in [0.2, 0.25) is 0 Å². The second kappa shape index (κ2) is 5.06. The van der Waals surface area contributed by atoms with Crippen molar-refractivity contribution < 1.29 is 0 Å². The Balaban J connectivity index is 1.80. The van der Waals surface area contributed by atoms with Gasteiger partial charge in [-0.3, -0.25) is 0 Å². The molecule has 0 heteroatoms. The Morgan fingerprint density at radius 2 is 1.10 bits per heavy atom. The number of allylic oxidation sites excluding steroid dienone is 1. The quantitative estimate of drug-likeness (QED) is 0.574. The van der Waals surface area contributed by atoms with Crippen molar-refractivity contribution in [3.8, 4) is 11.1 Å². The van der Waals surface area contributed by atoms with E-state index in [1.807, 2.05) is 0 Å². The fourth-order valence-corrected chi connectivity index (χ4v) is 3.17. The Labute approximate surface area is 125 Å². The first-order chi connectivity index (χ1) is 10.4. The molecule has 21 heavy (non-hydrogen) atoms. The fourth-order valence-electron chi connectivity index (χ4n) is 3.17. The van der Waals surface area contributed by atoms with Crippen LogP contribution in [0.5, 0.6) is 0 Å². The molecule has 3 aromatic carbocycles. The van der Waals surface area contributed by atoms with Crippen LogP contribution in [0, 0.1) is 0 Å². The Kier molecular flexibility index (Phi) is 2.93. The molecule has 4 rings (SSSR count). The molecule has 0 bridgehead atoms. The molecular weight excluding hydrogens is 252 g/mol. The Morgan fingerprint density at radius 1 is 0.571 bits per heavy atom. The highest BCUT2D eigenvalue weighted by Gasteiger charge is 2.25. The van der Waals surface area contributed by atoms with E-state index in [9.17, 15) is 0 Å². The highest BCUT2D eigenvalue weighted by atomic mass is 14.3. The standard InChI is InChI=1S/C21H16/c1-2-8-16(9-3-1)14-15-21-19-12-6-4-10-17(19)18-11-5-7-13-20(18)21/h1-15,21H/b15-14+. The molecule has 0 radical (unpaired) electrons. The minimum absolute atomic E-state index is 0.359. The van der Waals surface area contributed by atoms with Crippen LogP contribution < -0.4 is 0 Å². The molecule has 0 N–H and O–H groups in total. The van der Waals surface area contributed by atoms with Crippen LogP contribution in [-0.4, -0.2) is 0 Å². The summed E-state index contributed by atoms with van der Waals surface area (Å²) in [6.45, 7) is 0. The molecule has 1 aliphatic rings. The molecule has 0 fully saturated rings. The van der Waals surface area contributed by atoms with E-state index in [1.54, 1.807) is 0 Å². The SMILES string of the molecule is C(=C\C1c2ccccc2-c2ccccc21)/c1ccccc1. The molecule has 100 valence electrons. The van der Waals surface area contributed by atoms with Crippen molar-refractivity contribution in [2.75, 3.05) is 0 Å². The van der Waals surface area contributed by atoms with Crippen molar-refractivity contribution in [2.45, 2.75) is 5.92 Å². The van der Waals surface area contributed by atoms with Gasteiger partial charge >= 0.3 is 0 Å². The maximum absolute atomic E-state index is 2.32. The van der Waals surface area contributed by atoms with Crippen molar-refractivity contribution in [1.29, 1.82) is 0 Å². The van der Waals surface area contributed by atoms with Crippen molar-refractivity contribution in [3.63, 3.8) is 0 Å². The number of benzene rings is 3. The van der Waals surface area contributed by atoms with Gasteiger partial charge in [0.15, 0.2) is 0 Å². The van der Waals surface area contributed by atoms with Gasteiger partial charge in [-0.05, 0) is 27.8 Å². The smallest absolute Gasteiger partial charge is 0.0285 e. The predicted octanol–water partition coefficient (Wildman–Crippen LogP) is 5.51. The monoisotopic (exact) mass is 268 g/mol. The lowest BCUT2D eigenvalue weighted by Crippen LogP contribution is -1.91. The third-order valence-electron chi connectivity index (χ3n) is 4.16. The number of hydrogen-bond donors (Lipinski definition) is 0. The topological polar surface area (TPSA) is 0 Å². The van der Waals surface area contributed by atoms with E-state index < -0.39 is 0 Å². The van der Waals surface area contributed by atoms with Gasteiger partial charge in [-0.25, -0.2) is 0 Å². The summed E-state index contributed by atoms with van der Waals surface area (Å²) in [4.78, 5) is 0. The first-order valence-electron chi connectivity index (χ1n) is 7.35. The van der Waals surface area contributed by atoms with Crippen LogP contribution in [0.4, 0.5) is 0 Å². The van der Waals surface area contributed by atoms with Gasteiger partial charge in [-0.2, -0.15) is 0 Å². The maximum Gasteiger partial charge on any atom is 0.0285 e. The van der Waals surface area contributed by atoms with Gasteiger partial charge in [0.25, 0.3) is 0 Å². The summed E-state index contributed by atoms with van der Waals surface area (Å²) in [7, 11) is 0. The molecule has 0 aliphatic heterocycles. The fraction of sp³-hybridized carbons (Fsp3) is 0.0476. The lowest BCUT2D eigenvalue weighted by molar-refractivity contribution is 1.08. The van der Waals surface area contributed by atoms with Gasteiger partial charge in [0.05, 0.1) is 0 Å². The molecule has 0 saturated carbocycles. The molecule has 0 unspecified atom stereocenters. The number of rotatable bonds is 2. The van der Waals surface area contributed by atoms with Gasteiger partial charge in [-0.15, -0.1) is 0 Å². The first-order valence-corrected chi connectivity index (χ1v) is 7.35. The first kappa shape index (κ1) is 12.2. The molecule has 0 atom stereocenters. The molecule has 0 saturated heterocycles. The van der Waals surface area contributed by atoms with E-state index in [0.717, 1.165) is 0 Å². The maximum atomic E-state index is 2.32. The zero-order chi connectivity index (χ0) is 14.1. The lowest BCUT2D eigenvalue weighted by Gasteiger charge is -2.08. The van der Waals surface area contributed by atoms with Gasteiger partial charge in [-0.1, -0.05) is 91.0 Å². The van der Waals surface area contributed by atoms with E-state index in [-0.39, 0.29) is 0 Å².